The van der Waals surface area contributed by atoms with Crippen molar-refractivity contribution in [2.45, 2.75) is 199 Å². The number of hydrogen-bond acceptors (Lipinski definition) is 3. The number of carbonyl (C=O) groups is 1. The molecule has 0 fully saturated rings. The molecule has 0 aliphatic heterocycles. The Kier molecular flexibility index (Phi) is 34.0. The molecule has 0 bridgehead atoms. The zero-order chi connectivity index (χ0) is 31.5. The molecule has 0 aliphatic carbocycles. The molecule has 252 valence electrons. The van der Waals surface area contributed by atoms with Crippen LogP contribution in [-0.2, 0) is 4.79 Å². The first kappa shape index (κ1) is 41.6. The van der Waals surface area contributed by atoms with Crippen LogP contribution in [0.1, 0.15) is 187 Å². The maximum atomic E-state index is 12.3. The van der Waals surface area contributed by atoms with Crippen molar-refractivity contribution in [2.24, 2.45) is 0 Å². The van der Waals surface area contributed by atoms with Crippen LogP contribution in [-0.4, -0.2) is 34.9 Å². The van der Waals surface area contributed by atoms with Gasteiger partial charge in [0.15, 0.2) is 0 Å². The van der Waals surface area contributed by atoms with Gasteiger partial charge in [-0.3, -0.25) is 4.79 Å². The minimum absolute atomic E-state index is 0.0810. The molecule has 4 heteroatoms. The lowest BCUT2D eigenvalue weighted by Gasteiger charge is -2.19. The summed E-state index contributed by atoms with van der Waals surface area (Å²) in [6.45, 7) is 4.26. The Bertz CT molecular complexity index is 657. The van der Waals surface area contributed by atoms with Crippen molar-refractivity contribution >= 4 is 5.91 Å². The lowest BCUT2D eigenvalue weighted by Crippen LogP contribution is -2.45. The number of unbranched alkanes of at least 4 members (excludes halogenated alkanes) is 22. The summed E-state index contributed by atoms with van der Waals surface area (Å²) >= 11 is 0. The van der Waals surface area contributed by atoms with E-state index in [1.807, 2.05) is 6.08 Å². The van der Waals surface area contributed by atoms with Crippen molar-refractivity contribution in [1.82, 2.24) is 5.32 Å². The second-order valence-electron chi connectivity index (χ2n) is 12.6. The Labute approximate surface area is 268 Å². The standard InChI is InChI=1S/C39H73NO3/c1-3-5-7-9-11-13-15-16-17-18-19-20-21-22-23-25-27-29-31-33-35-39(43)40-37(36-41)38(42)34-32-30-28-26-24-14-12-10-8-6-4-2/h19-20,24,26,32,34,37-38,41-42H,3-18,21-23,25,27-31,33,35-36H2,1-2H3,(H,40,43)/b20-19-,26-24+,34-32+. The molecule has 0 aromatic rings. The maximum Gasteiger partial charge on any atom is 0.220 e. The molecule has 4 nitrogen and oxygen atoms in total. The van der Waals surface area contributed by atoms with Gasteiger partial charge in [-0.2, -0.15) is 0 Å². The molecular weight excluding hydrogens is 530 g/mol. The zero-order valence-electron chi connectivity index (χ0n) is 28.7. The van der Waals surface area contributed by atoms with Crippen molar-refractivity contribution < 1.29 is 15.0 Å². The highest BCUT2D eigenvalue weighted by molar-refractivity contribution is 5.76. The molecule has 0 aliphatic rings. The summed E-state index contributed by atoms with van der Waals surface area (Å²) in [6, 6.07) is -0.637. The molecule has 0 radical (unpaired) electrons. The van der Waals surface area contributed by atoms with Crippen LogP contribution in [0.5, 0.6) is 0 Å². The predicted molar refractivity (Wildman–Crippen MR) is 188 cm³/mol. The second kappa shape index (κ2) is 35.1. The van der Waals surface area contributed by atoms with Gasteiger partial charge in [0.2, 0.25) is 5.91 Å². The van der Waals surface area contributed by atoms with Crippen LogP contribution in [0, 0.1) is 0 Å². The van der Waals surface area contributed by atoms with E-state index >= 15 is 0 Å². The Balaban J connectivity index is 3.62. The maximum absolute atomic E-state index is 12.3. The van der Waals surface area contributed by atoms with E-state index < -0.39 is 12.1 Å². The van der Waals surface area contributed by atoms with E-state index in [9.17, 15) is 15.0 Å². The van der Waals surface area contributed by atoms with Crippen molar-refractivity contribution in [3.8, 4) is 0 Å². The van der Waals surface area contributed by atoms with Crippen LogP contribution in [0.25, 0.3) is 0 Å². The van der Waals surface area contributed by atoms with Gasteiger partial charge in [0, 0.05) is 6.42 Å². The Morgan fingerprint density at radius 3 is 1.35 bits per heavy atom. The van der Waals surface area contributed by atoms with E-state index in [2.05, 4.69) is 43.5 Å². The van der Waals surface area contributed by atoms with Crippen molar-refractivity contribution in [3.05, 3.63) is 36.5 Å². The summed E-state index contributed by atoms with van der Waals surface area (Å²) in [7, 11) is 0. The molecule has 0 saturated heterocycles. The first-order chi connectivity index (χ1) is 21.2. The van der Waals surface area contributed by atoms with Crippen molar-refractivity contribution in [1.29, 1.82) is 0 Å². The van der Waals surface area contributed by atoms with Gasteiger partial charge in [-0.15, -0.1) is 0 Å². The molecular formula is C39H73NO3. The van der Waals surface area contributed by atoms with Gasteiger partial charge in [-0.05, 0) is 57.8 Å². The largest absolute Gasteiger partial charge is 0.394 e. The number of amides is 1. The number of hydrogen-bond donors (Lipinski definition) is 3. The van der Waals surface area contributed by atoms with Gasteiger partial charge in [0.25, 0.3) is 0 Å². The van der Waals surface area contributed by atoms with Gasteiger partial charge in [-0.25, -0.2) is 0 Å². The number of aliphatic hydroxyl groups is 2. The monoisotopic (exact) mass is 604 g/mol. The predicted octanol–water partition coefficient (Wildman–Crippen LogP) is 11.1. The quantitative estimate of drug-likeness (QED) is 0.0516. The highest BCUT2D eigenvalue weighted by atomic mass is 16.3. The third kappa shape index (κ3) is 31.8. The molecule has 3 N–H and O–H groups in total. The number of allylic oxidation sites excluding steroid dienone is 5. The minimum atomic E-state index is -0.860. The second-order valence-corrected chi connectivity index (χ2v) is 12.6. The van der Waals surface area contributed by atoms with Crippen LogP contribution in [0.3, 0.4) is 0 Å². The molecule has 0 spiro atoms. The summed E-state index contributed by atoms with van der Waals surface area (Å²) in [4.78, 5) is 12.3. The summed E-state index contributed by atoms with van der Waals surface area (Å²) in [5, 5.41) is 22.8. The normalized spacial score (nSPS) is 13.5. The van der Waals surface area contributed by atoms with Crippen LogP contribution in [0.15, 0.2) is 36.5 Å². The van der Waals surface area contributed by atoms with Gasteiger partial charge in [-0.1, -0.05) is 159 Å². The molecule has 2 atom stereocenters. The number of rotatable bonds is 33. The van der Waals surface area contributed by atoms with Crippen LogP contribution >= 0.6 is 0 Å². The summed E-state index contributed by atoms with van der Waals surface area (Å²) in [5.74, 6) is -0.0810. The fourth-order valence-corrected chi connectivity index (χ4v) is 5.42. The zero-order valence-corrected chi connectivity index (χ0v) is 28.7. The van der Waals surface area contributed by atoms with E-state index in [0.29, 0.717) is 6.42 Å². The molecule has 43 heavy (non-hydrogen) atoms. The molecule has 0 aromatic carbocycles. The third-order valence-electron chi connectivity index (χ3n) is 8.35. The van der Waals surface area contributed by atoms with Gasteiger partial charge >= 0.3 is 0 Å². The first-order valence-corrected chi connectivity index (χ1v) is 18.7. The lowest BCUT2D eigenvalue weighted by molar-refractivity contribution is -0.123. The Hall–Kier alpha value is -1.39. The highest BCUT2D eigenvalue weighted by Gasteiger charge is 2.17. The molecule has 0 rings (SSSR count). The molecule has 1 amide bonds. The van der Waals surface area contributed by atoms with Gasteiger partial charge < -0.3 is 15.5 Å². The fourth-order valence-electron chi connectivity index (χ4n) is 5.42. The fraction of sp³-hybridized carbons (Fsp3) is 0.821. The average Bonchev–Trinajstić information content (AvgIpc) is 3.01. The van der Waals surface area contributed by atoms with Gasteiger partial charge in [0.05, 0.1) is 18.8 Å². The van der Waals surface area contributed by atoms with E-state index in [1.165, 1.54) is 135 Å². The number of aliphatic hydroxyl groups excluding tert-OH is 2. The third-order valence-corrected chi connectivity index (χ3v) is 8.35. The smallest absolute Gasteiger partial charge is 0.220 e. The minimum Gasteiger partial charge on any atom is -0.394 e. The van der Waals surface area contributed by atoms with Crippen molar-refractivity contribution in [3.63, 3.8) is 0 Å². The molecule has 0 aromatic heterocycles. The number of nitrogens with one attached hydrogen (secondary N) is 1. The van der Waals surface area contributed by atoms with E-state index in [0.717, 1.165) is 32.1 Å². The first-order valence-electron chi connectivity index (χ1n) is 18.7. The number of carbonyl (C=O) groups excluding carboxylic acids is 1. The summed E-state index contributed by atoms with van der Waals surface area (Å²) in [6.07, 6.45) is 45.2. The van der Waals surface area contributed by atoms with Gasteiger partial charge in [0.1, 0.15) is 0 Å². The lowest BCUT2D eigenvalue weighted by atomic mass is 10.1. The average molecular weight is 604 g/mol. The Morgan fingerprint density at radius 1 is 0.535 bits per heavy atom. The molecule has 2 unspecified atom stereocenters. The van der Waals surface area contributed by atoms with E-state index in [-0.39, 0.29) is 12.5 Å². The van der Waals surface area contributed by atoms with E-state index in [1.54, 1.807) is 6.08 Å². The summed E-state index contributed by atoms with van der Waals surface area (Å²) < 4.78 is 0. The Morgan fingerprint density at radius 2 is 0.907 bits per heavy atom. The SMILES string of the molecule is CCCCCCC/C=C/CC/C=C/C(O)C(CO)NC(=O)CCCCCCCCC/C=C\CCCCCCCCCCC. The van der Waals surface area contributed by atoms with Crippen LogP contribution in [0.2, 0.25) is 0 Å². The molecule has 0 saturated carbocycles. The highest BCUT2D eigenvalue weighted by Crippen LogP contribution is 2.13. The topological polar surface area (TPSA) is 69.6 Å². The van der Waals surface area contributed by atoms with E-state index in [4.69, 9.17) is 0 Å². The van der Waals surface area contributed by atoms with Crippen LogP contribution < -0.4 is 5.32 Å². The van der Waals surface area contributed by atoms with Crippen molar-refractivity contribution in [2.75, 3.05) is 6.61 Å². The summed E-state index contributed by atoms with van der Waals surface area (Å²) in [5.41, 5.74) is 0. The van der Waals surface area contributed by atoms with Crippen LogP contribution in [0.4, 0.5) is 0 Å². The molecule has 0 heterocycles.